The lowest BCUT2D eigenvalue weighted by molar-refractivity contribution is -0.385. The predicted molar refractivity (Wildman–Crippen MR) is 125 cm³/mol. The topological polar surface area (TPSA) is 77.2 Å². The third kappa shape index (κ3) is 4.14. The van der Waals surface area contributed by atoms with E-state index in [0.717, 1.165) is 47.6 Å². The van der Waals surface area contributed by atoms with Crippen LogP contribution in [0.3, 0.4) is 0 Å². The number of benzene rings is 3. The highest BCUT2D eigenvalue weighted by atomic mass is 16.6. The minimum Gasteiger partial charge on any atom is -0.494 e. The van der Waals surface area contributed by atoms with Gasteiger partial charge in [-0.15, -0.1) is 0 Å². The van der Waals surface area contributed by atoms with Gasteiger partial charge in [0.25, 0.3) is 5.69 Å². The summed E-state index contributed by atoms with van der Waals surface area (Å²) in [6, 6.07) is 22.5. The van der Waals surface area contributed by atoms with Crippen molar-refractivity contribution in [2.24, 2.45) is 5.10 Å². The van der Waals surface area contributed by atoms with Gasteiger partial charge in [-0.05, 0) is 42.3 Å². The van der Waals surface area contributed by atoms with Crippen LogP contribution in [0.4, 0.5) is 5.69 Å². The van der Waals surface area contributed by atoms with E-state index in [1.165, 1.54) is 6.07 Å². The fraction of sp³-hybridized carbons (Fsp3) is 0.269. The maximum atomic E-state index is 11.3. The number of nitro benzene ring substituents is 1. The number of nitro groups is 1. The van der Waals surface area contributed by atoms with E-state index in [-0.39, 0.29) is 16.7 Å². The number of hydrazone groups is 1. The van der Waals surface area contributed by atoms with Crippen molar-refractivity contribution < 1.29 is 14.4 Å². The van der Waals surface area contributed by atoms with Gasteiger partial charge in [0, 0.05) is 29.7 Å². The third-order valence-electron chi connectivity index (χ3n) is 6.02. The first kappa shape index (κ1) is 21.0. The minimum absolute atomic E-state index is 0.00491. The molecule has 2 atom stereocenters. The van der Waals surface area contributed by atoms with E-state index in [2.05, 4.69) is 13.0 Å². The fourth-order valence-corrected chi connectivity index (χ4v) is 4.30. The molecule has 0 radical (unpaired) electrons. The van der Waals surface area contributed by atoms with Crippen LogP contribution >= 0.6 is 0 Å². The van der Waals surface area contributed by atoms with Gasteiger partial charge in [0.1, 0.15) is 11.5 Å². The molecule has 168 valence electrons. The number of hydrogen-bond acceptors (Lipinski definition) is 6. The molecule has 0 amide bonds. The molecule has 0 aromatic heterocycles. The lowest BCUT2D eigenvalue weighted by atomic mass is 9.96. The smallest absolute Gasteiger partial charge is 0.269 e. The molecule has 0 saturated carbocycles. The van der Waals surface area contributed by atoms with Gasteiger partial charge in [0.2, 0.25) is 6.23 Å². The van der Waals surface area contributed by atoms with Crippen LogP contribution in [0.15, 0.2) is 77.9 Å². The molecule has 0 saturated heterocycles. The van der Waals surface area contributed by atoms with Gasteiger partial charge in [0.05, 0.1) is 23.3 Å². The van der Waals surface area contributed by atoms with E-state index in [4.69, 9.17) is 14.6 Å². The number of rotatable bonds is 7. The molecular formula is C26H25N3O4. The largest absolute Gasteiger partial charge is 0.494 e. The quantitative estimate of drug-likeness (QED) is 0.254. The van der Waals surface area contributed by atoms with Crippen molar-refractivity contribution in [3.05, 3.63) is 99.6 Å². The van der Waals surface area contributed by atoms with E-state index in [1.54, 1.807) is 12.1 Å². The van der Waals surface area contributed by atoms with Gasteiger partial charge in [-0.25, -0.2) is 5.01 Å². The summed E-state index contributed by atoms with van der Waals surface area (Å²) in [5, 5.41) is 18.2. The molecule has 2 aliphatic rings. The van der Waals surface area contributed by atoms with Gasteiger partial charge in [-0.3, -0.25) is 10.1 Å². The Hall–Kier alpha value is -3.87. The molecule has 0 fully saturated rings. The fourth-order valence-electron chi connectivity index (χ4n) is 4.30. The number of hydrogen-bond donors (Lipinski definition) is 0. The average Bonchev–Trinajstić information content (AvgIpc) is 3.30. The maximum absolute atomic E-state index is 11.3. The minimum atomic E-state index is -0.543. The molecule has 33 heavy (non-hydrogen) atoms. The second kappa shape index (κ2) is 8.94. The van der Waals surface area contributed by atoms with Gasteiger partial charge >= 0.3 is 0 Å². The van der Waals surface area contributed by atoms with Crippen molar-refractivity contribution in [1.29, 1.82) is 0 Å². The monoisotopic (exact) mass is 443 g/mol. The summed E-state index contributed by atoms with van der Waals surface area (Å²) >= 11 is 0. The number of nitrogens with zero attached hydrogens (tertiary/aromatic N) is 3. The maximum Gasteiger partial charge on any atom is 0.269 e. The highest BCUT2D eigenvalue weighted by Crippen LogP contribution is 2.47. The van der Waals surface area contributed by atoms with Crippen LogP contribution in [0.2, 0.25) is 0 Å². The first-order chi connectivity index (χ1) is 16.1. The third-order valence-corrected chi connectivity index (χ3v) is 6.02. The van der Waals surface area contributed by atoms with Crippen LogP contribution in [0.25, 0.3) is 0 Å². The summed E-state index contributed by atoms with van der Waals surface area (Å²) in [4.78, 5) is 10.9. The van der Waals surface area contributed by atoms with E-state index >= 15 is 0 Å². The van der Waals surface area contributed by atoms with Crippen molar-refractivity contribution in [2.45, 2.75) is 38.5 Å². The van der Waals surface area contributed by atoms with Gasteiger partial charge in [-0.2, -0.15) is 5.10 Å². The van der Waals surface area contributed by atoms with Crippen LogP contribution in [0, 0.1) is 10.1 Å². The Labute approximate surface area is 192 Å². The summed E-state index contributed by atoms with van der Waals surface area (Å²) in [6.45, 7) is 2.86. The predicted octanol–water partition coefficient (Wildman–Crippen LogP) is 6.02. The summed E-state index contributed by atoms with van der Waals surface area (Å²) in [7, 11) is 0. The molecule has 0 N–H and O–H groups in total. The average molecular weight is 444 g/mol. The summed E-state index contributed by atoms with van der Waals surface area (Å²) < 4.78 is 12.1. The van der Waals surface area contributed by atoms with E-state index in [1.807, 2.05) is 53.5 Å². The Bertz CT molecular complexity index is 1190. The SMILES string of the molecule is CCCCOc1ccc(C2=NN3[C@H](C2)c2ccccc2O[C@@H]3c2cccc([N+](=O)[O-])c2)cc1. The second-order valence-electron chi connectivity index (χ2n) is 8.23. The molecule has 7 nitrogen and oxygen atoms in total. The number of para-hydroxylation sites is 1. The Kier molecular flexibility index (Phi) is 5.69. The zero-order chi connectivity index (χ0) is 22.8. The van der Waals surface area contributed by atoms with Crippen molar-refractivity contribution in [3.8, 4) is 11.5 Å². The van der Waals surface area contributed by atoms with E-state index in [9.17, 15) is 10.1 Å². The number of fused-ring (bicyclic) bond motifs is 3. The van der Waals surface area contributed by atoms with Crippen LogP contribution in [-0.4, -0.2) is 22.3 Å². The van der Waals surface area contributed by atoms with Gasteiger partial charge in [-0.1, -0.05) is 43.7 Å². The Balaban J connectivity index is 1.47. The summed E-state index contributed by atoms with van der Waals surface area (Å²) in [5.74, 6) is 1.64. The number of unbranched alkanes of at least 4 members (excludes halogenated alkanes) is 1. The zero-order valence-corrected chi connectivity index (χ0v) is 18.4. The highest BCUT2D eigenvalue weighted by Gasteiger charge is 2.41. The lowest BCUT2D eigenvalue weighted by Crippen LogP contribution is -2.33. The van der Waals surface area contributed by atoms with Crippen LogP contribution in [-0.2, 0) is 0 Å². The Morgan fingerprint density at radius 2 is 1.94 bits per heavy atom. The van der Waals surface area contributed by atoms with Crippen molar-refractivity contribution in [1.82, 2.24) is 5.01 Å². The standard InChI is InChI=1S/C26H25N3O4/c1-2-3-15-32-21-13-11-18(12-14-21)23-17-24-22-9-4-5-10-25(22)33-26(28(24)27-23)19-7-6-8-20(16-19)29(30)31/h4-14,16,24,26H,2-3,15,17H2,1H3/t24-,26-/m1/s1. The molecule has 7 heteroatoms. The molecule has 0 aliphatic carbocycles. The lowest BCUT2D eigenvalue weighted by Gasteiger charge is -2.38. The normalized spacial score (nSPS) is 18.7. The number of non-ortho nitro benzene ring substituents is 1. The van der Waals surface area contributed by atoms with Crippen molar-refractivity contribution in [2.75, 3.05) is 6.61 Å². The van der Waals surface area contributed by atoms with E-state index < -0.39 is 6.23 Å². The summed E-state index contributed by atoms with van der Waals surface area (Å²) in [5.41, 5.74) is 3.79. The molecule has 5 rings (SSSR count). The first-order valence-electron chi connectivity index (χ1n) is 11.2. The number of ether oxygens (including phenoxy) is 2. The molecule has 3 aromatic carbocycles. The van der Waals surface area contributed by atoms with Gasteiger partial charge < -0.3 is 9.47 Å². The first-order valence-corrected chi connectivity index (χ1v) is 11.2. The highest BCUT2D eigenvalue weighted by molar-refractivity contribution is 6.02. The van der Waals surface area contributed by atoms with Crippen LogP contribution in [0.5, 0.6) is 11.5 Å². The van der Waals surface area contributed by atoms with Crippen LogP contribution < -0.4 is 9.47 Å². The molecule has 3 aromatic rings. The Morgan fingerprint density at radius 1 is 1.12 bits per heavy atom. The van der Waals surface area contributed by atoms with Gasteiger partial charge in [0.15, 0.2) is 0 Å². The van der Waals surface area contributed by atoms with Crippen molar-refractivity contribution in [3.63, 3.8) is 0 Å². The van der Waals surface area contributed by atoms with E-state index in [0.29, 0.717) is 12.2 Å². The molecular weight excluding hydrogens is 418 g/mol. The zero-order valence-electron chi connectivity index (χ0n) is 18.4. The molecule has 0 spiro atoms. The Morgan fingerprint density at radius 3 is 2.73 bits per heavy atom. The summed E-state index contributed by atoms with van der Waals surface area (Å²) in [6.07, 6.45) is 2.31. The van der Waals surface area contributed by atoms with Crippen molar-refractivity contribution >= 4 is 11.4 Å². The second-order valence-corrected chi connectivity index (χ2v) is 8.23. The molecule has 2 heterocycles. The molecule has 0 bridgehead atoms. The molecule has 0 unspecified atom stereocenters. The van der Waals surface area contributed by atoms with Crippen LogP contribution in [0.1, 0.15) is 55.1 Å². The molecule has 2 aliphatic heterocycles.